The van der Waals surface area contributed by atoms with E-state index in [4.69, 9.17) is 5.73 Å². The summed E-state index contributed by atoms with van der Waals surface area (Å²) in [5, 5.41) is 0. The number of carbonyl (C=O) groups is 2. The molecule has 0 bridgehead atoms. The van der Waals surface area contributed by atoms with Crippen molar-refractivity contribution in [2.75, 3.05) is 11.4 Å². The lowest BCUT2D eigenvalue weighted by Gasteiger charge is -2.16. The van der Waals surface area contributed by atoms with Crippen LogP contribution in [-0.2, 0) is 4.79 Å². The van der Waals surface area contributed by atoms with Crippen molar-refractivity contribution >= 4 is 18.0 Å². The normalized spacial score (nSPS) is 9.23. The van der Waals surface area contributed by atoms with Crippen molar-refractivity contribution in [2.45, 2.75) is 0 Å². The zero-order chi connectivity index (χ0) is 9.68. The zero-order valence-electron chi connectivity index (χ0n) is 7.01. The van der Waals surface area contributed by atoms with Gasteiger partial charge in [0.1, 0.15) is 6.29 Å². The van der Waals surface area contributed by atoms with Gasteiger partial charge in [-0.05, 0) is 12.1 Å². The van der Waals surface area contributed by atoms with Crippen molar-refractivity contribution in [3.8, 4) is 0 Å². The fraction of sp³-hybridized carbons (Fsp3) is 0.111. The van der Waals surface area contributed by atoms with Gasteiger partial charge < -0.3 is 10.5 Å². The van der Waals surface area contributed by atoms with Crippen molar-refractivity contribution in [1.82, 2.24) is 0 Å². The first-order chi connectivity index (χ1) is 6.25. The molecule has 4 heteroatoms. The largest absolute Gasteiger partial charge is 0.351 e. The molecular weight excluding hydrogens is 168 g/mol. The van der Waals surface area contributed by atoms with Crippen molar-refractivity contribution < 1.29 is 9.59 Å². The van der Waals surface area contributed by atoms with E-state index in [9.17, 15) is 9.59 Å². The molecule has 0 aromatic heterocycles. The van der Waals surface area contributed by atoms with E-state index < -0.39 is 6.03 Å². The highest BCUT2D eigenvalue weighted by Gasteiger charge is 2.09. The molecule has 0 aliphatic carbocycles. The van der Waals surface area contributed by atoms with Gasteiger partial charge in [0.2, 0.25) is 0 Å². The van der Waals surface area contributed by atoms with Crippen LogP contribution in [0.1, 0.15) is 0 Å². The summed E-state index contributed by atoms with van der Waals surface area (Å²) in [6, 6.07) is 8.18. The molecule has 1 rings (SSSR count). The molecule has 0 spiro atoms. The Morgan fingerprint density at radius 3 is 2.46 bits per heavy atom. The first kappa shape index (κ1) is 9.25. The van der Waals surface area contributed by atoms with Gasteiger partial charge in [0.05, 0.1) is 6.54 Å². The summed E-state index contributed by atoms with van der Waals surface area (Å²) in [4.78, 5) is 22.3. The van der Waals surface area contributed by atoms with Crippen LogP contribution < -0.4 is 10.6 Å². The van der Waals surface area contributed by atoms with Gasteiger partial charge in [0, 0.05) is 5.69 Å². The predicted molar refractivity (Wildman–Crippen MR) is 49.4 cm³/mol. The molecule has 0 saturated carbocycles. The number of benzene rings is 1. The Morgan fingerprint density at radius 2 is 2.00 bits per heavy atom. The fourth-order valence-corrected chi connectivity index (χ4v) is 1.01. The number of hydrogen-bond donors (Lipinski definition) is 1. The number of nitrogens with zero attached hydrogens (tertiary/aromatic N) is 1. The Balaban J connectivity index is 2.88. The number of nitrogens with two attached hydrogens (primary N) is 1. The van der Waals surface area contributed by atoms with E-state index in [1.165, 1.54) is 4.90 Å². The van der Waals surface area contributed by atoms with Crippen LogP contribution in [-0.4, -0.2) is 18.9 Å². The molecule has 0 heterocycles. The van der Waals surface area contributed by atoms with E-state index in [2.05, 4.69) is 0 Å². The van der Waals surface area contributed by atoms with E-state index in [1.807, 2.05) is 6.07 Å². The average Bonchev–Trinajstić information content (AvgIpc) is 2.15. The van der Waals surface area contributed by atoms with Crippen LogP contribution in [0.15, 0.2) is 30.3 Å². The molecule has 0 aliphatic rings. The number of anilines is 1. The summed E-state index contributed by atoms with van der Waals surface area (Å²) in [5.41, 5.74) is 5.71. The van der Waals surface area contributed by atoms with Crippen LogP contribution in [0, 0.1) is 0 Å². The minimum absolute atomic E-state index is 0.0145. The molecule has 1 aromatic carbocycles. The first-order valence-electron chi connectivity index (χ1n) is 3.81. The molecule has 0 saturated heterocycles. The van der Waals surface area contributed by atoms with Gasteiger partial charge in [0.15, 0.2) is 0 Å². The van der Waals surface area contributed by atoms with E-state index >= 15 is 0 Å². The molecular formula is C9H10N2O2. The molecule has 4 nitrogen and oxygen atoms in total. The average molecular weight is 178 g/mol. The lowest BCUT2D eigenvalue weighted by molar-refractivity contribution is -0.106. The molecule has 0 atom stereocenters. The maximum atomic E-state index is 10.9. The van der Waals surface area contributed by atoms with Gasteiger partial charge in [-0.2, -0.15) is 0 Å². The highest BCUT2D eigenvalue weighted by atomic mass is 16.2. The van der Waals surface area contributed by atoms with Crippen LogP contribution in [0.25, 0.3) is 0 Å². The minimum Gasteiger partial charge on any atom is -0.351 e. The maximum Gasteiger partial charge on any atom is 0.319 e. The fourth-order valence-electron chi connectivity index (χ4n) is 1.01. The number of primary amides is 1. The third-order valence-corrected chi connectivity index (χ3v) is 1.59. The third kappa shape index (κ3) is 2.30. The molecule has 2 amide bonds. The number of para-hydroxylation sites is 1. The van der Waals surface area contributed by atoms with Crippen LogP contribution >= 0.6 is 0 Å². The maximum absolute atomic E-state index is 10.9. The Bertz CT molecular complexity index is 298. The molecule has 0 radical (unpaired) electrons. The summed E-state index contributed by atoms with van der Waals surface area (Å²) < 4.78 is 0. The lowest BCUT2D eigenvalue weighted by Crippen LogP contribution is -2.37. The number of rotatable bonds is 3. The van der Waals surface area contributed by atoms with Crippen molar-refractivity contribution in [2.24, 2.45) is 5.73 Å². The SMILES string of the molecule is NC(=O)N(CC=O)c1ccccc1. The molecule has 1 aromatic rings. The summed E-state index contributed by atoms with van der Waals surface area (Å²) in [6.07, 6.45) is 0.637. The Morgan fingerprint density at radius 1 is 1.38 bits per heavy atom. The number of carbonyl (C=O) groups excluding carboxylic acids is 2. The summed E-state index contributed by atoms with van der Waals surface area (Å²) in [7, 11) is 0. The number of aldehydes is 1. The zero-order valence-corrected chi connectivity index (χ0v) is 7.01. The highest BCUT2D eigenvalue weighted by molar-refractivity contribution is 5.93. The van der Waals surface area contributed by atoms with E-state index in [-0.39, 0.29) is 6.54 Å². The topological polar surface area (TPSA) is 63.4 Å². The van der Waals surface area contributed by atoms with Crippen molar-refractivity contribution in [3.63, 3.8) is 0 Å². The second kappa shape index (κ2) is 4.25. The second-order valence-electron chi connectivity index (χ2n) is 2.45. The summed E-state index contributed by atoms with van der Waals surface area (Å²) in [5.74, 6) is 0. The van der Waals surface area contributed by atoms with E-state index in [1.54, 1.807) is 24.3 Å². The molecule has 0 unspecified atom stereocenters. The Labute approximate surface area is 75.9 Å². The van der Waals surface area contributed by atoms with Crippen LogP contribution in [0.2, 0.25) is 0 Å². The molecule has 0 fully saturated rings. The van der Waals surface area contributed by atoms with Crippen LogP contribution in [0.5, 0.6) is 0 Å². The second-order valence-corrected chi connectivity index (χ2v) is 2.45. The standard InChI is InChI=1S/C9H10N2O2/c10-9(13)11(6-7-12)8-4-2-1-3-5-8/h1-5,7H,6H2,(H2,10,13). The van der Waals surface area contributed by atoms with E-state index in [0.29, 0.717) is 12.0 Å². The number of urea groups is 1. The van der Waals surface area contributed by atoms with Crippen molar-refractivity contribution in [1.29, 1.82) is 0 Å². The molecule has 0 aliphatic heterocycles. The number of amides is 2. The quantitative estimate of drug-likeness (QED) is 0.695. The first-order valence-corrected chi connectivity index (χ1v) is 3.81. The number of hydrogen-bond acceptors (Lipinski definition) is 2. The smallest absolute Gasteiger partial charge is 0.319 e. The van der Waals surface area contributed by atoms with Gasteiger partial charge in [-0.1, -0.05) is 18.2 Å². The molecule has 2 N–H and O–H groups in total. The Kier molecular flexibility index (Phi) is 3.03. The van der Waals surface area contributed by atoms with E-state index in [0.717, 1.165) is 0 Å². The lowest BCUT2D eigenvalue weighted by atomic mass is 10.3. The summed E-state index contributed by atoms with van der Waals surface area (Å²) >= 11 is 0. The predicted octanol–water partition coefficient (Wildman–Crippen LogP) is 0.771. The van der Waals surface area contributed by atoms with Gasteiger partial charge in [0.25, 0.3) is 0 Å². The molecule has 68 valence electrons. The van der Waals surface area contributed by atoms with Gasteiger partial charge in [-0.3, -0.25) is 4.90 Å². The van der Waals surface area contributed by atoms with Crippen LogP contribution in [0.4, 0.5) is 10.5 Å². The molecule has 13 heavy (non-hydrogen) atoms. The minimum atomic E-state index is -0.627. The Hall–Kier alpha value is -1.84. The van der Waals surface area contributed by atoms with Crippen LogP contribution in [0.3, 0.4) is 0 Å². The monoisotopic (exact) mass is 178 g/mol. The van der Waals surface area contributed by atoms with Crippen molar-refractivity contribution in [3.05, 3.63) is 30.3 Å². The van der Waals surface area contributed by atoms with Gasteiger partial charge >= 0.3 is 6.03 Å². The van der Waals surface area contributed by atoms with Gasteiger partial charge in [-0.15, -0.1) is 0 Å². The third-order valence-electron chi connectivity index (χ3n) is 1.59. The summed E-state index contributed by atoms with van der Waals surface area (Å²) in [6.45, 7) is -0.0145. The highest BCUT2D eigenvalue weighted by Crippen LogP contribution is 2.11. The van der Waals surface area contributed by atoms with Gasteiger partial charge in [-0.25, -0.2) is 4.79 Å².